The van der Waals surface area contributed by atoms with Crippen molar-refractivity contribution in [2.45, 2.75) is 15.9 Å². The van der Waals surface area contributed by atoms with Crippen LogP contribution in [0, 0.1) is 4.91 Å². The molecule has 6 nitrogen and oxygen atoms in total. The highest BCUT2D eigenvalue weighted by atomic mass is 32.2. The average Bonchev–Trinajstić information content (AvgIpc) is 2.94. The number of imidazole rings is 1. The summed E-state index contributed by atoms with van der Waals surface area (Å²) in [5, 5.41) is 4.91. The summed E-state index contributed by atoms with van der Waals surface area (Å²) in [6.07, 6.45) is 4.48. The van der Waals surface area contributed by atoms with E-state index in [4.69, 9.17) is 0 Å². The van der Waals surface area contributed by atoms with Crippen molar-refractivity contribution < 1.29 is 0 Å². The molecule has 0 aliphatic carbocycles. The first kappa shape index (κ1) is 10.6. The molecular formula is C9H7N5OS2. The fourth-order valence-corrected chi connectivity index (χ4v) is 3.12. The van der Waals surface area contributed by atoms with Gasteiger partial charge >= 0.3 is 0 Å². The summed E-state index contributed by atoms with van der Waals surface area (Å²) in [6.45, 7) is 0.790. The van der Waals surface area contributed by atoms with Gasteiger partial charge in [-0.3, -0.25) is 4.99 Å². The Kier molecular flexibility index (Phi) is 2.73. The van der Waals surface area contributed by atoms with E-state index < -0.39 is 0 Å². The molecule has 0 saturated heterocycles. The van der Waals surface area contributed by atoms with E-state index in [1.165, 1.54) is 29.3 Å². The first-order valence-corrected chi connectivity index (χ1v) is 6.56. The molecule has 0 radical (unpaired) electrons. The second-order valence-corrected chi connectivity index (χ2v) is 5.56. The van der Waals surface area contributed by atoms with Crippen LogP contribution >= 0.6 is 23.1 Å². The molecule has 86 valence electrons. The second kappa shape index (κ2) is 4.38. The summed E-state index contributed by atoms with van der Waals surface area (Å²) in [7, 11) is 0. The van der Waals surface area contributed by atoms with Crippen molar-refractivity contribution in [3.63, 3.8) is 0 Å². The standard InChI is InChI=1S/C9H7N5OS2/c15-14-6-4-11-9(16-6)17-8-12-5-2-1-3-10-7(5)13-8/h2,4H,1,3H2,(H,10,12,13). The Balaban J connectivity index is 1.91. The molecule has 2 aromatic rings. The summed E-state index contributed by atoms with van der Waals surface area (Å²) in [5.74, 6) is 0. The van der Waals surface area contributed by atoms with Crippen molar-refractivity contribution in [2.75, 3.05) is 6.54 Å². The normalized spacial score (nSPS) is 13.6. The molecule has 1 N–H and O–H groups in total. The van der Waals surface area contributed by atoms with Crippen LogP contribution in [0.3, 0.4) is 0 Å². The van der Waals surface area contributed by atoms with Crippen LogP contribution in [-0.4, -0.2) is 21.5 Å². The monoisotopic (exact) mass is 265 g/mol. The largest absolute Gasteiger partial charge is 0.331 e. The van der Waals surface area contributed by atoms with Crippen LogP contribution in [0.4, 0.5) is 5.00 Å². The van der Waals surface area contributed by atoms with Crippen LogP contribution in [0.2, 0.25) is 0 Å². The Hall–Kier alpha value is -1.54. The number of fused-ring (bicyclic) bond motifs is 1. The number of H-pyrrole nitrogens is 1. The molecule has 17 heavy (non-hydrogen) atoms. The number of hydrogen-bond acceptors (Lipinski definition) is 7. The molecule has 0 atom stereocenters. The molecule has 0 unspecified atom stereocenters. The molecule has 1 aliphatic rings. The van der Waals surface area contributed by atoms with Gasteiger partial charge in [0.05, 0.1) is 11.5 Å². The van der Waals surface area contributed by atoms with E-state index in [1.54, 1.807) is 0 Å². The third kappa shape index (κ3) is 2.13. The number of aromatic amines is 1. The van der Waals surface area contributed by atoms with Crippen molar-refractivity contribution in [1.29, 1.82) is 0 Å². The van der Waals surface area contributed by atoms with E-state index in [-0.39, 0.29) is 0 Å². The third-order valence-electron chi connectivity index (χ3n) is 2.18. The van der Waals surface area contributed by atoms with Crippen LogP contribution in [0.25, 0.3) is 6.08 Å². The number of aromatic nitrogens is 3. The quantitative estimate of drug-likeness (QED) is 0.846. The zero-order chi connectivity index (χ0) is 11.7. The highest BCUT2D eigenvalue weighted by Gasteiger charge is 2.08. The van der Waals surface area contributed by atoms with Crippen molar-refractivity contribution in [2.24, 2.45) is 10.2 Å². The number of hydrogen-bond donors (Lipinski definition) is 1. The van der Waals surface area contributed by atoms with Gasteiger partial charge in [0.25, 0.3) is 0 Å². The first-order chi connectivity index (χ1) is 8.35. The number of nitroso groups, excluding NO2 is 1. The van der Waals surface area contributed by atoms with Crippen LogP contribution in [-0.2, 0) is 0 Å². The number of rotatable bonds is 3. The van der Waals surface area contributed by atoms with Gasteiger partial charge in [-0.1, -0.05) is 17.4 Å². The van der Waals surface area contributed by atoms with Gasteiger partial charge in [0.2, 0.25) is 0 Å². The highest BCUT2D eigenvalue weighted by Crippen LogP contribution is 2.31. The molecule has 3 rings (SSSR count). The average molecular weight is 265 g/mol. The summed E-state index contributed by atoms with van der Waals surface area (Å²) in [6, 6.07) is 0. The predicted octanol–water partition coefficient (Wildman–Crippen LogP) is 1.22. The van der Waals surface area contributed by atoms with E-state index in [0.717, 1.165) is 33.3 Å². The fraction of sp³-hybridized carbons (Fsp3) is 0.222. The van der Waals surface area contributed by atoms with Gasteiger partial charge in [-0.05, 0) is 23.4 Å². The minimum absolute atomic E-state index is 0.375. The van der Waals surface area contributed by atoms with Crippen molar-refractivity contribution in [1.82, 2.24) is 15.0 Å². The maximum absolute atomic E-state index is 10.3. The SMILES string of the molecule is O=Nc1cnc(Sc2nc3c([nH]2)=CCCN=3)s1. The Morgan fingerprint density at radius 3 is 3.24 bits per heavy atom. The Morgan fingerprint density at radius 2 is 2.47 bits per heavy atom. The molecule has 0 saturated carbocycles. The molecule has 0 spiro atoms. The van der Waals surface area contributed by atoms with Crippen LogP contribution in [0.15, 0.2) is 25.9 Å². The van der Waals surface area contributed by atoms with E-state index >= 15 is 0 Å². The molecule has 3 heterocycles. The molecule has 0 fully saturated rings. The number of nitrogens with zero attached hydrogens (tertiary/aromatic N) is 4. The van der Waals surface area contributed by atoms with Crippen molar-refractivity contribution >= 4 is 34.2 Å². The summed E-state index contributed by atoms with van der Waals surface area (Å²) in [4.78, 5) is 26.2. The lowest BCUT2D eigenvalue weighted by atomic mass is 10.3. The molecule has 0 amide bonds. The van der Waals surface area contributed by atoms with E-state index in [0.29, 0.717) is 5.00 Å². The molecule has 8 heteroatoms. The smallest absolute Gasteiger partial charge is 0.181 e. The van der Waals surface area contributed by atoms with Gasteiger partial charge in [-0.15, -0.1) is 4.91 Å². The second-order valence-electron chi connectivity index (χ2n) is 3.31. The van der Waals surface area contributed by atoms with Gasteiger partial charge in [0.1, 0.15) is 0 Å². The van der Waals surface area contributed by atoms with Crippen LogP contribution in [0.5, 0.6) is 0 Å². The summed E-state index contributed by atoms with van der Waals surface area (Å²) < 4.78 is 0.741. The van der Waals surface area contributed by atoms with Gasteiger partial charge in [0, 0.05) is 6.54 Å². The van der Waals surface area contributed by atoms with Gasteiger partial charge in [-0.2, -0.15) is 0 Å². The zero-order valence-corrected chi connectivity index (χ0v) is 10.2. The first-order valence-electron chi connectivity index (χ1n) is 4.93. The topological polar surface area (TPSA) is 83.4 Å². The predicted molar refractivity (Wildman–Crippen MR) is 65.0 cm³/mol. The van der Waals surface area contributed by atoms with Crippen molar-refractivity contribution in [3.8, 4) is 0 Å². The lowest BCUT2D eigenvalue weighted by molar-refractivity contribution is 0.925. The maximum Gasteiger partial charge on any atom is 0.181 e. The minimum Gasteiger partial charge on any atom is -0.331 e. The van der Waals surface area contributed by atoms with Crippen LogP contribution in [0.1, 0.15) is 6.42 Å². The lowest BCUT2D eigenvalue weighted by Gasteiger charge is -1.89. The van der Waals surface area contributed by atoms with Crippen molar-refractivity contribution in [3.05, 3.63) is 21.9 Å². The zero-order valence-electron chi connectivity index (χ0n) is 8.58. The van der Waals surface area contributed by atoms with E-state index in [2.05, 4.69) is 31.2 Å². The molecule has 0 bridgehead atoms. The maximum atomic E-state index is 10.3. The van der Waals surface area contributed by atoms with E-state index in [1.807, 2.05) is 0 Å². The molecule has 1 aliphatic heterocycles. The minimum atomic E-state index is 0.375. The van der Waals surface area contributed by atoms with Gasteiger partial charge < -0.3 is 4.98 Å². The lowest BCUT2D eigenvalue weighted by Crippen LogP contribution is -2.27. The highest BCUT2D eigenvalue weighted by molar-refractivity contribution is 8.00. The molecule has 2 aromatic heterocycles. The summed E-state index contributed by atoms with van der Waals surface area (Å²) >= 11 is 2.62. The Morgan fingerprint density at radius 1 is 1.53 bits per heavy atom. The Bertz CT molecular complexity index is 640. The van der Waals surface area contributed by atoms with E-state index in [9.17, 15) is 4.91 Å². The Labute approximate surface area is 104 Å². The van der Waals surface area contributed by atoms with Gasteiger partial charge in [0.15, 0.2) is 20.0 Å². The van der Waals surface area contributed by atoms with Gasteiger partial charge in [-0.25, -0.2) is 9.97 Å². The fourth-order valence-electron chi connectivity index (χ4n) is 1.47. The third-order valence-corrected chi connectivity index (χ3v) is 4.01. The number of nitrogens with one attached hydrogen (secondary N) is 1. The summed E-state index contributed by atoms with van der Waals surface area (Å²) in [5.41, 5.74) is 0.754. The molecular weight excluding hydrogens is 258 g/mol. The number of thiazole rings is 1. The molecule has 0 aromatic carbocycles. The van der Waals surface area contributed by atoms with Crippen LogP contribution < -0.4 is 10.8 Å².